The van der Waals surface area contributed by atoms with Crippen molar-refractivity contribution < 1.29 is 13.9 Å². The van der Waals surface area contributed by atoms with E-state index in [9.17, 15) is 4.79 Å². The predicted octanol–water partition coefficient (Wildman–Crippen LogP) is 4.83. The Morgan fingerprint density at radius 1 is 1.22 bits per heavy atom. The molecule has 1 N–H and O–H groups in total. The van der Waals surface area contributed by atoms with Gasteiger partial charge in [0.25, 0.3) is 5.22 Å². The van der Waals surface area contributed by atoms with Gasteiger partial charge in [-0.05, 0) is 44.2 Å². The number of hydrogen-bond donors (Lipinski definition) is 1. The molecular weight excluding hydrogens is 386 g/mol. The number of nitrogens with one attached hydrogen (secondary N) is 1. The van der Waals surface area contributed by atoms with Crippen LogP contribution in [0.2, 0.25) is 5.02 Å². The molecule has 27 heavy (non-hydrogen) atoms. The Labute approximate surface area is 166 Å². The zero-order chi connectivity index (χ0) is 19.4. The standard InChI is InChI=1S/C19H18ClN3O3S/c1-11-4-6-13(7-5-11)18-22-23-19(26-18)27-12(2)17(24)21-14-8-9-16(25-3)15(20)10-14/h4-10,12H,1-3H3,(H,21,24)/t12-/m0/s1. The number of benzene rings is 2. The molecule has 2 aromatic carbocycles. The Morgan fingerprint density at radius 2 is 1.96 bits per heavy atom. The largest absolute Gasteiger partial charge is 0.495 e. The summed E-state index contributed by atoms with van der Waals surface area (Å²) in [6.45, 7) is 3.77. The fourth-order valence-corrected chi connectivity index (χ4v) is 3.20. The van der Waals surface area contributed by atoms with Gasteiger partial charge in [0.05, 0.1) is 17.4 Å². The fourth-order valence-electron chi connectivity index (χ4n) is 2.26. The second-order valence-corrected chi connectivity index (χ2v) is 7.54. The van der Waals surface area contributed by atoms with Crippen molar-refractivity contribution in [2.24, 2.45) is 0 Å². The molecule has 0 aliphatic rings. The van der Waals surface area contributed by atoms with E-state index in [4.69, 9.17) is 20.8 Å². The van der Waals surface area contributed by atoms with Gasteiger partial charge in [0.2, 0.25) is 11.8 Å². The maximum Gasteiger partial charge on any atom is 0.277 e. The summed E-state index contributed by atoms with van der Waals surface area (Å²) in [5.41, 5.74) is 2.57. The highest BCUT2D eigenvalue weighted by Gasteiger charge is 2.19. The van der Waals surface area contributed by atoms with Crippen molar-refractivity contribution in [3.05, 3.63) is 53.1 Å². The number of rotatable bonds is 6. The van der Waals surface area contributed by atoms with Crippen LogP contribution in [0.3, 0.4) is 0 Å². The van der Waals surface area contributed by atoms with Gasteiger partial charge in [-0.1, -0.05) is 41.1 Å². The lowest BCUT2D eigenvalue weighted by atomic mass is 10.1. The number of methoxy groups -OCH3 is 1. The summed E-state index contributed by atoms with van der Waals surface area (Å²) >= 11 is 7.27. The Morgan fingerprint density at radius 3 is 2.63 bits per heavy atom. The van der Waals surface area contributed by atoms with Crippen molar-refractivity contribution >= 4 is 35.0 Å². The number of aromatic nitrogens is 2. The molecule has 1 aromatic heterocycles. The average molecular weight is 404 g/mol. The van der Waals surface area contributed by atoms with E-state index < -0.39 is 5.25 Å². The number of nitrogens with zero attached hydrogens (tertiary/aromatic N) is 2. The Hall–Kier alpha value is -2.51. The maximum absolute atomic E-state index is 12.4. The molecule has 140 valence electrons. The molecule has 0 radical (unpaired) electrons. The molecule has 0 aliphatic heterocycles. The van der Waals surface area contributed by atoms with E-state index in [1.165, 1.54) is 18.9 Å². The maximum atomic E-state index is 12.4. The van der Waals surface area contributed by atoms with Crippen LogP contribution in [0.4, 0.5) is 5.69 Å². The number of amides is 1. The molecule has 0 saturated carbocycles. The topological polar surface area (TPSA) is 77.2 Å². The SMILES string of the molecule is COc1ccc(NC(=O)[C@H](C)Sc2nnc(-c3ccc(C)cc3)o2)cc1Cl. The van der Waals surface area contributed by atoms with E-state index in [2.05, 4.69) is 15.5 Å². The van der Waals surface area contributed by atoms with Crippen LogP contribution in [-0.2, 0) is 4.79 Å². The van der Waals surface area contributed by atoms with Crippen LogP contribution in [0.1, 0.15) is 12.5 Å². The van der Waals surface area contributed by atoms with Crippen LogP contribution >= 0.6 is 23.4 Å². The van der Waals surface area contributed by atoms with Crippen LogP contribution in [0.15, 0.2) is 52.1 Å². The summed E-state index contributed by atoms with van der Waals surface area (Å²) < 4.78 is 10.8. The Balaban J connectivity index is 1.63. The first-order valence-corrected chi connectivity index (χ1v) is 9.43. The fraction of sp³-hybridized carbons (Fsp3) is 0.211. The smallest absolute Gasteiger partial charge is 0.277 e. The lowest BCUT2D eigenvalue weighted by Crippen LogP contribution is -2.22. The quantitative estimate of drug-likeness (QED) is 0.594. The molecular formula is C19H18ClN3O3S. The van der Waals surface area contributed by atoms with Gasteiger partial charge in [0.15, 0.2) is 0 Å². The third-order valence-corrected chi connectivity index (χ3v) is 5.00. The number of halogens is 1. The van der Waals surface area contributed by atoms with Gasteiger partial charge in [-0.2, -0.15) is 0 Å². The van der Waals surface area contributed by atoms with Crippen molar-refractivity contribution in [2.75, 3.05) is 12.4 Å². The average Bonchev–Trinajstić information content (AvgIpc) is 3.11. The molecule has 6 nitrogen and oxygen atoms in total. The number of anilines is 1. The highest BCUT2D eigenvalue weighted by molar-refractivity contribution is 8.00. The number of aryl methyl sites for hydroxylation is 1. The number of thioether (sulfide) groups is 1. The third kappa shape index (κ3) is 4.81. The van der Waals surface area contributed by atoms with E-state index in [1.807, 2.05) is 31.2 Å². The summed E-state index contributed by atoms with van der Waals surface area (Å²) in [5.74, 6) is 0.773. The van der Waals surface area contributed by atoms with Crippen LogP contribution in [0.25, 0.3) is 11.5 Å². The number of ether oxygens (including phenoxy) is 1. The van der Waals surface area contributed by atoms with Crippen LogP contribution in [-0.4, -0.2) is 28.5 Å². The van der Waals surface area contributed by atoms with Crippen molar-refractivity contribution in [3.8, 4) is 17.2 Å². The van der Waals surface area contributed by atoms with Gasteiger partial charge < -0.3 is 14.5 Å². The molecule has 3 rings (SSSR count). The number of carbonyl (C=O) groups excluding carboxylic acids is 1. The van der Waals surface area contributed by atoms with Crippen molar-refractivity contribution in [1.29, 1.82) is 0 Å². The number of hydrogen-bond acceptors (Lipinski definition) is 6. The summed E-state index contributed by atoms with van der Waals surface area (Å²) in [6.07, 6.45) is 0. The molecule has 0 aliphatic carbocycles. The minimum Gasteiger partial charge on any atom is -0.495 e. The minimum atomic E-state index is -0.433. The lowest BCUT2D eigenvalue weighted by Gasteiger charge is -2.11. The molecule has 0 saturated heterocycles. The van der Waals surface area contributed by atoms with E-state index in [0.717, 1.165) is 11.1 Å². The van der Waals surface area contributed by atoms with E-state index in [1.54, 1.807) is 25.1 Å². The normalized spacial score (nSPS) is 11.9. The molecule has 0 spiro atoms. The van der Waals surface area contributed by atoms with Crippen LogP contribution < -0.4 is 10.1 Å². The van der Waals surface area contributed by atoms with Gasteiger partial charge in [-0.3, -0.25) is 4.79 Å². The summed E-state index contributed by atoms with van der Waals surface area (Å²) in [7, 11) is 1.54. The van der Waals surface area contributed by atoms with Gasteiger partial charge in [-0.15, -0.1) is 10.2 Å². The molecule has 0 bridgehead atoms. The Bertz CT molecular complexity index is 944. The van der Waals surface area contributed by atoms with Gasteiger partial charge in [0.1, 0.15) is 5.75 Å². The number of carbonyl (C=O) groups is 1. The van der Waals surface area contributed by atoms with E-state index in [0.29, 0.717) is 27.6 Å². The molecule has 1 amide bonds. The third-order valence-electron chi connectivity index (χ3n) is 3.77. The van der Waals surface area contributed by atoms with Crippen LogP contribution in [0, 0.1) is 6.92 Å². The summed E-state index contributed by atoms with van der Waals surface area (Å²) in [5, 5.41) is 11.2. The van der Waals surface area contributed by atoms with Crippen molar-refractivity contribution in [2.45, 2.75) is 24.3 Å². The highest BCUT2D eigenvalue weighted by atomic mass is 35.5. The van der Waals surface area contributed by atoms with E-state index in [-0.39, 0.29) is 5.91 Å². The first kappa shape index (κ1) is 19.3. The highest BCUT2D eigenvalue weighted by Crippen LogP contribution is 2.29. The molecule has 0 fully saturated rings. The van der Waals surface area contributed by atoms with Crippen molar-refractivity contribution in [1.82, 2.24) is 10.2 Å². The van der Waals surface area contributed by atoms with Gasteiger partial charge in [0, 0.05) is 11.3 Å². The van der Waals surface area contributed by atoms with Gasteiger partial charge >= 0.3 is 0 Å². The first-order chi connectivity index (χ1) is 13.0. The van der Waals surface area contributed by atoms with Crippen molar-refractivity contribution in [3.63, 3.8) is 0 Å². The minimum absolute atomic E-state index is 0.198. The van der Waals surface area contributed by atoms with Gasteiger partial charge in [-0.25, -0.2) is 0 Å². The molecule has 0 unspecified atom stereocenters. The van der Waals surface area contributed by atoms with E-state index >= 15 is 0 Å². The molecule has 1 atom stereocenters. The zero-order valence-electron chi connectivity index (χ0n) is 15.0. The molecule has 1 heterocycles. The Kier molecular flexibility index (Phi) is 6.03. The molecule has 3 aromatic rings. The first-order valence-electron chi connectivity index (χ1n) is 8.18. The zero-order valence-corrected chi connectivity index (χ0v) is 16.6. The molecule has 8 heteroatoms. The van der Waals surface area contributed by atoms with Crippen LogP contribution in [0.5, 0.6) is 5.75 Å². The summed E-state index contributed by atoms with van der Waals surface area (Å²) in [6, 6.07) is 12.8. The monoisotopic (exact) mass is 403 g/mol. The second-order valence-electron chi connectivity index (χ2n) is 5.84. The second kappa shape index (κ2) is 8.45. The predicted molar refractivity (Wildman–Crippen MR) is 106 cm³/mol. The lowest BCUT2D eigenvalue weighted by molar-refractivity contribution is -0.115. The summed E-state index contributed by atoms with van der Waals surface area (Å²) in [4.78, 5) is 12.4.